The lowest BCUT2D eigenvalue weighted by molar-refractivity contribution is 0.579. The van der Waals surface area contributed by atoms with Crippen LogP contribution in [0.3, 0.4) is 0 Å². The third kappa shape index (κ3) is 1.28. The minimum atomic E-state index is -0.852. The molecule has 2 heterocycles. The van der Waals surface area contributed by atoms with Crippen molar-refractivity contribution in [2.45, 2.75) is 6.92 Å². The fraction of sp³-hybridized carbons (Fsp3) is 0.167. The molecule has 0 N–H and O–H groups in total. The third-order valence-electron chi connectivity index (χ3n) is 1.50. The second-order valence-electron chi connectivity index (χ2n) is 2.37. The smallest absolute Gasteiger partial charge is 0.264 e. The average Bonchev–Trinajstić information content (AvgIpc) is 2.42. The minimum absolute atomic E-state index is 0.0983. The Labute approximate surface area is 84.2 Å². The van der Waals surface area contributed by atoms with Crippen molar-refractivity contribution >= 4 is 32.2 Å². The van der Waals surface area contributed by atoms with Gasteiger partial charge in [0.1, 0.15) is 0 Å². The molecule has 0 unspecified atom stereocenters. The number of aryl methyl sites for hydroxylation is 1. The molecule has 4 nitrogen and oxygen atoms in total. The molecule has 2 aromatic heterocycles. The van der Waals surface area contributed by atoms with Crippen LogP contribution in [0.1, 0.15) is 5.69 Å². The van der Waals surface area contributed by atoms with Crippen LogP contribution in [0.2, 0.25) is 0 Å². The van der Waals surface area contributed by atoms with Gasteiger partial charge >= 0.3 is 5.56 Å². The van der Waals surface area contributed by atoms with Crippen molar-refractivity contribution in [2.75, 3.05) is 0 Å². The molecule has 0 spiro atoms. The van der Waals surface area contributed by atoms with E-state index >= 15 is 0 Å². The maximum Gasteiger partial charge on any atom is 0.311 e. The maximum atomic E-state index is 13.0. The number of fused-ring (bicyclic) bond motifs is 1. The molecular weight excluding hydrogens is 261 g/mol. The molecular formula is C6H3BrFN3OS. The molecule has 0 aliphatic heterocycles. The second-order valence-corrected chi connectivity index (χ2v) is 4.60. The number of aromatic nitrogens is 3. The van der Waals surface area contributed by atoms with Gasteiger partial charge in [0, 0.05) is 0 Å². The van der Waals surface area contributed by atoms with Crippen molar-refractivity contribution in [3.63, 3.8) is 0 Å². The van der Waals surface area contributed by atoms with Gasteiger partial charge in [-0.25, -0.2) is 4.98 Å². The topological polar surface area (TPSA) is 47.3 Å². The normalized spacial score (nSPS) is 11.0. The van der Waals surface area contributed by atoms with Crippen LogP contribution < -0.4 is 5.56 Å². The van der Waals surface area contributed by atoms with E-state index in [1.54, 1.807) is 0 Å². The van der Waals surface area contributed by atoms with Gasteiger partial charge in [-0.05, 0) is 22.9 Å². The summed E-state index contributed by atoms with van der Waals surface area (Å²) in [6, 6.07) is 0. The number of halogens is 2. The Morgan fingerprint density at radius 2 is 2.31 bits per heavy atom. The predicted molar refractivity (Wildman–Crippen MR) is 49.5 cm³/mol. The van der Waals surface area contributed by atoms with E-state index in [2.05, 4.69) is 26.0 Å². The molecule has 0 aromatic carbocycles. The van der Waals surface area contributed by atoms with Crippen LogP contribution >= 0.6 is 27.3 Å². The summed E-state index contributed by atoms with van der Waals surface area (Å²) >= 11 is 4.27. The molecule has 68 valence electrons. The van der Waals surface area contributed by atoms with Crippen LogP contribution in [0.5, 0.6) is 0 Å². The Morgan fingerprint density at radius 3 is 3.00 bits per heavy atom. The van der Waals surface area contributed by atoms with Crippen LogP contribution in [-0.2, 0) is 0 Å². The molecule has 0 amide bonds. The van der Waals surface area contributed by atoms with Gasteiger partial charge in [-0.3, -0.25) is 4.79 Å². The summed E-state index contributed by atoms with van der Waals surface area (Å²) in [6.45, 7) is 1.45. The summed E-state index contributed by atoms with van der Waals surface area (Å²) in [5.74, 6) is -0.852. The number of hydrogen-bond acceptors (Lipinski definition) is 4. The van der Waals surface area contributed by atoms with Crippen LogP contribution in [0.25, 0.3) is 4.96 Å². The van der Waals surface area contributed by atoms with Gasteiger partial charge in [-0.1, -0.05) is 11.3 Å². The van der Waals surface area contributed by atoms with E-state index in [4.69, 9.17) is 0 Å². The van der Waals surface area contributed by atoms with Gasteiger partial charge in [0.2, 0.25) is 10.8 Å². The standard InChI is InChI=1S/C6H3BrFN3OS/c1-2-3(8)4(12)11-6(9-2)13-5(7)10-11/h1H3. The monoisotopic (exact) mass is 263 g/mol. The van der Waals surface area contributed by atoms with Crippen molar-refractivity contribution in [1.29, 1.82) is 0 Å². The SMILES string of the molecule is Cc1nc2sc(Br)nn2c(=O)c1F. The van der Waals surface area contributed by atoms with Crippen molar-refractivity contribution in [3.8, 4) is 0 Å². The fourth-order valence-electron chi connectivity index (χ4n) is 0.903. The van der Waals surface area contributed by atoms with E-state index in [1.807, 2.05) is 0 Å². The van der Waals surface area contributed by atoms with E-state index in [9.17, 15) is 9.18 Å². The lowest BCUT2D eigenvalue weighted by atomic mass is 10.4. The molecule has 0 atom stereocenters. The van der Waals surface area contributed by atoms with E-state index in [0.717, 1.165) is 4.52 Å². The number of nitrogens with zero attached hydrogens (tertiary/aromatic N) is 3. The zero-order valence-corrected chi connectivity index (χ0v) is 8.82. The molecule has 0 radical (unpaired) electrons. The summed E-state index contributed by atoms with van der Waals surface area (Å²) in [7, 11) is 0. The molecule has 0 bridgehead atoms. The highest BCUT2D eigenvalue weighted by Gasteiger charge is 2.11. The maximum absolute atomic E-state index is 13.0. The van der Waals surface area contributed by atoms with Gasteiger partial charge in [-0.2, -0.15) is 8.91 Å². The summed E-state index contributed by atoms with van der Waals surface area (Å²) < 4.78 is 14.5. The molecule has 0 saturated carbocycles. The fourth-order valence-corrected chi connectivity index (χ4v) is 2.16. The Bertz CT molecular complexity index is 534. The van der Waals surface area contributed by atoms with Crippen LogP contribution in [-0.4, -0.2) is 14.6 Å². The molecule has 2 aromatic rings. The quantitative estimate of drug-likeness (QED) is 0.721. The zero-order chi connectivity index (χ0) is 9.59. The third-order valence-corrected chi connectivity index (χ3v) is 2.84. The van der Waals surface area contributed by atoms with Gasteiger partial charge < -0.3 is 0 Å². The van der Waals surface area contributed by atoms with Gasteiger partial charge in [-0.15, -0.1) is 5.10 Å². The van der Waals surface area contributed by atoms with Gasteiger partial charge in [0.25, 0.3) is 0 Å². The zero-order valence-electron chi connectivity index (χ0n) is 6.41. The first-order valence-corrected chi connectivity index (χ1v) is 4.92. The highest BCUT2D eigenvalue weighted by atomic mass is 79.9. The number of hydrogen-bond donors (Lipinski definition) is 0. The summed E-state index contributed by atoms with van der Waals surface area (Å²) in [5, 5.41) is 3.75. The minimum Gasteiger partial charge on any atom is -0.264 e. The summed E-state index contributed by atoms with van der Waals surface area (Å²) in [4.78, 5) is 15.5. The Hall–Kier alpha value is -0.820. The van der Waals surface area contributed by atoms with Crippen LogP contribution in [0.4, 0.5) is 4.39 Å². The molecule has 0 aliphatic rings. The van der Waals surface area contributed by atoms with Crippen LogP contribution in [0, 0.1) is 12.7 Å². The lowest BCUT2D eigenvalue weighted by Crippen LogP contribution is -2.20. The highest BCUT2D eigenvalue weighted by Crippen LogP contribution is 2.17. The molecule has 0 fully saturated rings. The first kappa shape index (κ1) is 8.76. The molecule has 0 saturated heterocycles. The Balaban J connectivity index is 3.01. The Kier molecular flexibility index (Phi) is 1.92. The van der Waals surface area contributed by atoms with Gasteiger partial charge in [0.15, 0.2) is 3.92 Å². The first-order valence-electron chi connectivity index (χ1n) is 3.31. The van der Waals surface area contributed by atoms with Gasteiger partial charge in [0.05, 0.1) is 5.69 Å². The Morgan fingerprint density at radius 1 is 1.62 bits per heavy atom. The second kappa shape index (κ2) is 2.85. The predicted octanol–water partition coefficient (Wildman–Crippen LogP) is 1.36. The highest BCUT2D eigenvalue weighted by molar-refractivity contribution is 9.11. The van der Waals surface area contributed by atoms with Crippen molar-refractivity contribution in [1.82, 2.24) is 14.6 Å². The number of rotatable bonds is 0. The van der Waals surface area contributed by atoms with E-state index in [0.29, 0.717) is 8.88 Å². The van der Waals surface area contributed by atoms with Crippen LogP contribution in [0.15, 0.2) is 8.71 Å². The molecule has 2 rings (SSSR count). The van der Waals surface area contributed by atoms with E-state index in [1.165, 1.54) is 18.3 Å². The molecule has 13 heavy (non-hydrogen) atoms. The average molecular weight is 264 g/mol. The molecule has 0 aliphatic carbocycles. The lowest BCUT2D eigenvalue weighted by Gasteiger charge is -1.93. The van der Waals surface area contributed by atoms with E-state index in [-0.39, 0.29) is 5.69 Å². The van der Waals surface area contributed by atoms with Crippen molar-refractivity contribution < 1.29 is 4.39 Å². The van der Waals surface area contributed by atoms with E-state index < -0.39 is 11.4 Å². The summed E-state index contributed by atoms with van der Waals surface area (Å²) in [6.07, 6.45) is 0. The first-order chi connectivity index (χ1) is 6.09. The summed E-state index contributed by atoms with van der Waals surface area (Å²) in [5.41, 5.74) is -0.661. The molecule has 7 heteroatoms. The largest absolute Gasteiger partial charge is 0.311 e. The van der Waals surface area contributed by atoms with Crippen molar-refractivity contribution in [3.05, 3.63) is 25.8 Å². The van der Waals surface area contributed by atoms with Crippen molar-refractivity contribution in [2.24, 2.45) is 0 Å².